The van der Waals surface area contributed by atoms with Crippen molar-refractivity contribution in [3.8, 4) is 0 Å². The van der Waals surface area contributed by atoms with E-state index in [9.17, 15) is 0 Å². The van der Waals surface area contributed by atoms with E-state index in [2.05, 4.69) is 42.6 Å². The summed E-state index contributed by atoms with van der Waals surface area (Å²) in [6.45, 7) is 11.5. The molecule has 3 heteroatoms. The van der Waals surface area contributed by atoms with Crippen LogP contribution < -0.4 is 5.32 Å². The number of nitrogens with zero attached hydrogens (tertiary/aromatic N) is 2. The normalized spacial score (nSPS) is 22.9. The van der Waals surface area contributed by atoms with Crippen molar-refractivity contribution >= 4 is 0 Å². The molecule has 0 spiro atoms. The van der Waals surface area contributed by atoms with E-state index in [-0.39, 0.29) is 0 Å². The molecule has 96 valence electrons. The van der Waals surface area contributed by atoms with Gasteiger partial charge in [0.1, 0.15) is 0 Å². The third kappa shape index (κ3) is 2.89. The number of rotatable bonds is 3. The molecule has 2 rings (SSSR count). The van der Waals surface area contributed by atoms with Crippen LogP contribution in [0.2, 0.25) is 0 Å². The monoisotopic (exact) mass is 235 g/mol. The van der Waals surface area contributed by atoms with Gasteiger partial charge < -0.3 is 9.88 Å². The molecule has 1 saturated heterocycles. The summed E-state index contributed by atoms with van der Waals surface area (Å²) in [6.07, 6.45) is 6.54. The Labute approximate surface area is 105 Å². The van der Waals surface area contributed by atoms with Gasteiger partial charge in [-0.1, -0.05) is 27.7 Å². The molecular weight excluding hydrogens is 210 g/mol. The maximum absolute atomic E-state index is 4.32. The second-order valence-electron chi connectivity index (χ2n) is 6.39. The molecule has 0 saturated carbocycles. The lowest BCUT2D eigenvalue weighted by molar-refractivity contribution is 0.230. The number of hydrogen-bond donors (Lipinski definition) is 1. The summed E-state index contributed by atoms with van der Waals surface area (Å²) < 4.78 is 2.33. The summed E-state index contributed by atoms with van der Waals surface area (Å²) >= 11 is 0. The van der Waals surface area contributed by atoms with E-state index in [0.29, 0.717) is 17.4 Å². The lowest BCUT2D eigenvalue weighted by Gasteiger charge is -2.28. The molecule has 1 aliphatic heterocycles. The Hall–Kier alpha value is -0.830. The van der Waals surface area contributed by atoms with Crippen LogP contribution in [0.5, 0.6) is 0 Å². The average molecular weight is 235 g/mol. The van der Waals surface area contributed by atoms with Crippen LogP contribution in [0.1, 0.15) is 52.3 Å². The third-order valence-electron chi connectivity index (χ3n) is 4.11. The largest absolute Gasteiger partial charge is 0.333 e. The fourth-order valence-corrected chi connectivity index (χ4v) is 2.28. The van der Waals surface area contributed by atoms with Gasteiger partial charge in [-0.3, -0.25) is 0 Å². The van der Waals surface area contributed by atoms with E-state index in [1.165, 1.54) is 18.5 Å². The highest BCUT2D eigenvalue weighted by atomic mass is 15.1. The summed E-state index contributed by atoms with van der Waals surface area (Å²) in [5.41, 5.74) is 1.71. The van der Waals surface area contributed by atoms with Gasteiger partial charge in [0.15, 0.2) is 0 Å². The first kappa shape index (κ1) is 12.6. The Kier molecular flexibility index (Phi) is 3.57. The van der Waals surface area contributed by atoms with Crippen molar-refractivity contribution in [3.05, 3.63) is 18.2 Å². The van der Waals surface area contributed by atoms with Gasteiger partial charge in [-0.25, -0.2) is 4.98 Å². The van der Waals surface area contributed by atoms with Crippen molar-refractivity contribution in [3.63, 3.8) is 0 Å². The minimum Gasteiger partial charge on any atom is -0.333 e. The number of nitrogens with one attached hydrogen (secondary N) is 1. The highest BCUT2D eigenvalue weighted by molar-refractivity contribution is 5.07. The van der Waals surface area contributed by atoms with Gasteiger partial charge in [-0.05, 0) is 30.7 Å². The van der Waals surface area contributed by atoms with E-state index >= 15 is 0 Å². The van der Waals surface area contributed by atoms with Crippen LogP contribution in [0.25, 0.3) is 0 Å². The van der Waals surface area contributed by atoms with Crippen molar-refractivity contribution in [1.82, 2.24) is 14.9 Å². The quantitative estimate of drug-likeness (QED) is 0.873. The number of hydrogen-bond acceptors (Lipinski definition) is 2. The van der Waals surface area contributed by atoms with Crippen LogP contribution in [-0.4, -0.2) is 16.1 Å². The molecule has 17 heavy (non-hydrogen) atoms. The van der Waals surface area contributed by atoms with E-state index in [1.54, 1.807) is 0 Å². The summed E-state index contributed by atoms with van der Waals surface area (Å²) in [7, 11) is 0. The van der Waals surface area contributed by atoms with Gasteiger partial charge >= 0.3 is 0 Å². The second-order valence-corrected chi connectivity index (χ2v) is 6.39. The van der Waals surface area contributed by atoms with Crippen LogP contribution in [-0.2, 0) is 6.54 Å². The molecule has 0 amide bonds. The predicted molar refractivity (Wildman–Crippen MR) is 70.8 cm³/mol. The molecular formula is C14H25N3. The van der Waals surface area contributed by atoms with Gasteiger partial charge in [-0.15, -0.1) is 0 Å². The van der Waals surface area contributed by atoms with E-state index < -0.39 is 0 Å². The fourth-order valence-electron chi connectivity index (χ4n) is 2.28. The first-order chi connectivity index (χ1) is 7.98. The molecule has 0 bridgehead atoms. The van der Waals surface area contributed by atoms with Crippen LogP contribution in [0.15, 0.2) is 12.5 Å². The minimum atomic E-state index is 0.352. The molecule has 2 heterocycles. The predicted octanol–water partition coefficient (Wildman–Crippen LogP) is 2.99. The molecule has 1 fully saturated rings. The molecule has 1 aromatic heterocycles. The highest BCUT2D eigenvalue weighted by Gasteiger charge is 2.24. The Morgan fingerprint density at radius 3 is 2.88 bits per heavy atom. The second kappa shape index (κ2) is 4.81. The molecule has 0 aromatic carbocycles. The highest BCUT2D eigenvalue weighted by Crippen LogP contribution is 2.29. The van der Waals surface area contributed by atoms with Gasteiger partial charge in [0, 0.05) is 18.8 Å². The van der Waals surface area contributed by atoms with Gasteiger partial charge in [-0.2, -0.15) is 0 Å². The van der Waals surface area contributed by atoms with Crippen molar-refractivity contribution < 1.29 is 0 Å². The Bertz CT molecular complexity index is 356. The molecule has 3 nitrogen and oxygen atoms in total. The maximum atomic E-state index is 4.32. The molecule has 1 unspecified atom stereocenters. The fraction of sp³-hybridized carbons (Fsp3) is 0.786. The molecule has 0 aliphatic carbocycles. The zero-order chi connectivity index (χ0) is 12.5. The van der Waals surface area contributed by atoms with Crippen LogP contribution in [0, 0.1) is 11.3 Å². The van der Waals surface area contributed by atoms with Crippen LogP contribution in [0.3, 0.4) is 0 Å². The van der Waals surface area contributed by atoms with Crippen molar-refractivity contribution in [2.45, 2.75) is 53.1 Å². The van der Waals surface area contributed by atoms with Crippen LogP contribution in [0.4, 0.5) is 0 Å². The van der Waals surface area contributed by atoms with E-state index in [1.807, 2.05) is 12.5 Å². The van der Waals surface area contributed by atoms with Crippen molar-refractivity contribution in [2.24, 2.45) is 11.3 Å². The van der Waals surface area contributed by atoms with Gasteiger partial charge in [0.25, 0.3) is 0 Å². The lowest BCUT2D eigenvalue weighted by atomic mass is 9.82. The zero-order valence-corrected chi connectivity index (χ0v) is 11.5. The molecule has 1 N–H and O–H groups in total. The molecule has 2 atom stereocenters. The Balaban J connectivity index is 2.08. The standard InChI is InChI=1S/C14H25N3/c1-11(14(2,3)4)9-17-10-15-8-13(17)12-6-5-7-16-12/h8,10-12,16H,5-7,9H2,1-4H3/t11?,12-/m0/s1. The van der Waals surface area contributed by atoms with E-state index in [4.69, 9.17) is 0 Å². The summed E-state index contributed by atoms with van der Waals surface area (Å²) in [5, 5.41) is 3.55. The van der Waals surface area contributed by atoms with E-state index in [0.717, 1.165) is 13.1 Å². The molecule has 1 aliphatic rings. The average Bonchev–Trinajstić information content (AvgIpc) is 2.83. The third-order valence-corrected chi connectivity index (χ3v) is 4.11. The van der Waals surface area contributed by atoms with Crippen molar-refractivity contribution in [2.75, 3.05) is 6.54 Å². The summed E-state index contributed by atoms with van der Waals surface area (Å²) in [4.78, 5) is 4.32. The zero-order valence-electron chi connectivity index (χ0n) is 11.5. The lowest BCUT2D eigenvalue weighted by Crippen LogP contribution is -2.24. The van der Waals surface area contributed by atoms with Gasteiger partial charge in [0.2, 0.25) is 0 Å². The molecule has 1 aromatic rings. The minimum absolute atomic E-state index is 0.352. The first-order valence-corrected chi connectivity index (χ1v) is 6.72. The Morgan fingerprint density at radius 1 is 1.53 bits per heavy atom. The maximum Gasteiger partial charge on any atom is 0.0948 e. The summed E-state index contributed by atoms with van der Waals surface area (Å²) in [5.74, 6) is 0.650. The Morgan fingerprint density at radius 2 is 2.29 bits per heavy atom. The number of aromatic nitrogens is 2. The van der Waals surface area contributed by atoms with Crippen molar-refractivity contribution in [1.29, 1.82) is 0 Å². The van der Waals surface area contributed by atoms with Gasteiger partial charge in [0.05, 0.1) is 12.0 Å². The molecule has 0 radical (unpaired) electrons. The smallest absolute Gasteiger partial charge is 0.0948 e. The summed E-state index contributed by atoms with van der Waals surface area (Å²) in [6, 6.07) is 0.518. The van der Waals surface area contributed by atoms with Crippen LogP contribution >= 0.6 is 0 Å². The first-order valence-electron chi connectivity index (χ1n) is 6.72. The number of imidazole rings is 1. The topological polar surface area (TPSA) is 29.9 Å². The SMILES string of the molecule is CC(Cn1cncc1[C@@H]1CCCN1)C(C)(C)C.